The number of para-hydroxylation sites is 1. The normalized spacial score (nSPS) is 11.0. The molecule has 27 heavy (non-hydrogen) atoms. The molecule has 0 bridgehead atoms. The molecule has 4 rings (SSSR count). The third-order valence-electron chi connectivity index (χ3n) is 3.96. The average molecular weight is 357 g/mol. The van der Waals surface area contributed by atoms with Gasteiger partial charge in [0.05, 0.1) is 17.6 Å². The molecule has 2 aromatic heterocycles. The fourth-order valence-corrected chi connectivity index (χ4v) is 2.63. The third-order valence-corrected chi connectivity index (χ3v) is 3.96. The minimum atomic E-state index is -0.284. The van der Waals surface area contributed by atoms with Crippen LogP contribution in [0.2, 0.25) is 0 Å². The van der Waals surface area contributed by atoms with Crippen LogP contribution in [0.5, 0.6) is 0 Å². The first-order chi connectivity index (χ1) is 13.3. The lowest BCUT2D eigenvalue weighted by molar-refractivity contribution is 0.628. The molecular formula is C21H16FN5. The molecule has 5 nitrogen and oxygen atoms in total. The van der Waals surface area contributed by atoms with Crippen molar-refractivity contribution in [2.45, 2.75) is 0 Å². The van der Waals surface area contributed by atoms with Gasteiger partial charge in [-0.15, -0.1) is 0 Å². The smallest absolute Gasteiger partial charge is 0.123 e. The van der Waals surface area contributed by atoms with Crippen LogP contribution < -0.4 is 5.43 Å². The summed E-state index contributed by atoms with van der Waals surface area (Å²) in [7, 11) is 0. The van der Waals surface area contributed by atoms with Gasteiger partial charge in [0, 0.05) is 29.7 Å². The van der Waals surface area contributed by atoms with E-state index in [0.717, 1.165) is 22.5 Å². The Kier molecular flexibility index (Phi) is 4.70. The summed E-state index contributed by atoms with van der Waals surface area (Å²) >= 11 is 0. The molecule has 0 amide bonds. The molecule has 132 valence electrons. The predicted molar refractivity (Wildman–Crippen MR) is 104 cm³/mol. The van der Waals surface area contributed by atoms with Gasteiger partial charge in [-0.05, 0) is 48.5 Å². The van der Waals surface area contributed by atoms with E-state index in [9.17, 15) is 4.39 Å². The molecule has 2 heterocycles. The maximum atomic E-state index is 13.0. The minimum absolute atomic E-state index is 0.284. The molecule has 0 atom stereocenters. The number of anilines is 1. The van der Waals surface area contributed by atoms with Gasteiger partial charge < -0.3 is 0 Å². The van der Waals surface area contributed by atoms with Crippen LogP contribution in [0.15, 0.2) is 90.4 Å². The van der Waals surface area contributed by atoms with Crippen molar-refractivity contribution < 1.29 is 4.39 Å². The summed E-state index contributed by atoms with van der Waals surface area (Å²) in [6.45, 7) is 0. The molecule has 6 heteroatoms. The topological polar surface area (TPSA) is 55.1 Å². The SMILES string of the molecule is Fc1ccc(N/N=C\c2cn(-c3ccccc3)nc2-c2ccncc2)cc1. The van der Waals surface area contributed by atoms with Crippen molar-refractivity contribution in [2.24, 2.45) is 5.10 Å². The Hall–Kier alpha value is -3.80. The van der Waals surface area contributed by atoms with E-state index in [0.29, 0.717) is 5.69 Å². The van der Waals surface area contributed by atoms with Crippen LogP contribution in [0.25, 0.3) is 16.9 Å². The Balaban J connectivity index is 1.66. The van der Waals surface area contributed by atoms with Crippen molar-refractivity contribution in [3.8, 4) is 16.9 Å². The summed E-state index contributed by atoms with van der Waals surface area (Å²) in [5.74, 6) is -0.284. The van der Waals surface area contributed by atoms with E-state index in [1.165, 1.54) is 12.1 Å². The van der Waals surface area contributed by atoms with Gasteiger partial charge in [0.1, 0.15) is 11.5 Å². The van der Waals surface area contributed by atoms with E-state index >= 15 is 0 Å². The largest absolute Gasteiger partial charge is 0.278 e. The van der Waals surface area contributed by atoms with Crippen molar-refractivity contribution in [1.82, 2.24) is 14.8 Å². The summed E-state index contributed by atoms with van der Waals surface area (Å²) in [5, 5.41) is 8.98. The fraction of sp³-hybridized carbons (Fsp3) is 0. The lowest BCUT2D eigenvalue weighted by Gasteiger charge is -2.00. The highest BCUT2D eigenvalue weighted by atomic mass is 19.1. The maximum Gasteiger partial charge on any atom is 0.123 e. The zero-order chi connectivity index (χ0) is 18.5. The number of benzene rings is 2. The van der Waals surface area contributed by atoms with Crippen LogP contribution in [0.3, 0.4) is 0 Å². The highest BCUT2D eigenvalue weighted by Crippen LogP contribution is 2.22. The first kappa shape index (κ1) is 16.7. The summed E-state index contributed by atoms with van der Waals surface area (Å²) in [4.78, 5) is 4.06. The van der Waals surface area contributed by atoms with Crippen molar-refractivity contribution in [3.63, 3.8) is 0 Å². The zero-order valence-corrected chi connectivity index (χ0v) is 14.3. The number of nitrogens with one attached hydrogen (secondary N) is 1. The van der Waals surface area contributed by atoms with E-state index in [4.69, 9.17) is 5.10 Å². The maximum absolute atomic E-state index is 13.0. The second-order valence-corrected chi connectivity index (χ2v) is 5.83. The van der Waals surface area contributed by atoms with Crippen molar-refractivity contribution in [3.05, 3.63) is 96.7 Å². The molecule has 0 aliphatic carbocycles. The lowest BCUT2D eigenvalue weighted by atomic mass is 10.1. The Bertz CT molecular complexity index is 1040. The molecule has 0 spiro atoms. The van der Waals surface area contributed by atoms with E-state index in [1.807, 2.05) is 53.3 Å². The number of halogens is 1. The quantitative estimate of drug-likeness (QED) is 0.422. The number of nitrogens with zero attached hydrogens (tertiary/aromatic N) is 4. The highest BCUT2D eigenvalue weighted by Gasteiger charge is 2.10. The highest BCUT2D eigenvalue weighted by molar-refractivity contribution is 5.89. The third kappa shape index (κ3) is 3.90. The van der Waals surface area contributed by atoms with Gasteiger partial charge in [0.15, 0.2) is 0 Å². The van der Waals surface area contributed by atoms with Gasteiger partial charge in [-0.2, -0.15) is 10.2 Å². The van der Waals surface area contributed by atoms with E-state index in [1.54, 1.807) is 30.7 Å². The van der Waals surface area contributed by atoms with E-state index in [-0.39, 0.29) is 5.82 Å². The molecule has 1 N–H and O–H groups in total. The van der Waals surface area contributed by atoms with Crippen molar-refractivity contribution >= 4 is 11.9 Å². The minimum Gasteiger partial charge on any atom is -0.278 e. The van der Waals surface area contributed by atoms with Crippen LogP contribution in [-0.4, -0.2) is 21.0 Å². The monoisotopic (exact) mass is 357 g/mol. The summed E-state index contributed by atoms with van der Waals surface area (Å²) < 4.78 is 14.8. The standard InChI is InChI=1S/C21H16FN5/c22-18-6-8-19(9-7-18)25-24-14-17-15-27(20-4-2-1-3-5-20)26-21(17)16-10-12-23-13-11-16/h1-15,25H/b24-14-. The predicted octanol–water partition coefficient (Wildman–Crippen LogP) is 4.52. The number of pyridine rings is 1. The first-order valence-electron chi connectivity index (χ1n) is 8.40. The van der Waals surface area contributed by atoms with Crippen molar-refractivity contribution in [2.75, 3.05) is 5.43 Å². The number of hydrogen-bond acceptors (Lipinski definition) is 4. The average Bonchev–Trinajstić information content (AvgIpc) is 3.15. The Morgan fingerprint density at radius 1 is 0.926 bits per heavy atom. The molecule has 0 fully saturated rings. The fourth-order valence-electron chi connectivity index (χ4n) is 2.63. The van der Waals surface area contributed by atoms with Gasteiger partial charge in [-0.1, -0.05) is 18.2 Å². The second-order valence-electron chi connectivity index (χ2n) is 5.83. The van der Waals surface area contributed by atoms with E-state index < -0.39 is 0 Å². The Morgan fingerprint density at radius 2 is 1.67 bits per heavy atom. The second kappa shape index (κ2) is 7.61. The molecule has 2 aromatic carbocycles. The number of hydrogen-bond donors (Lipinski definition) is 1. The van der Waals surface area contributed by atoms with Gasteiger partial charge in [-0.3, -0.25) is 10.4 Å². The van der Waals surface area contributed by atoms with Gasteiger partial charge >= 0.3 is 0 Å². The van der Waals surface area contributed by atoms with E-state index in [2.05, 4.69) is 15.5 Å². The van der Waals surface area contributed by atoms with Crippen LogP contribution in [-0.2, 0) is 0 Å². The summed E-state index contributed by atoms with van der Waals surface area (Å²) in [6.07, 6.45) is 7.08. The Labute approximate surface area is 155 Å². The van der Waals surface area contributed by atoms with Gasteiger partial charge in [-0.25, -0.2) is 9.07 Å². The molecule has 0 saturated heterocycles. The van der Waals surface area contributed by atoms with Gasteiger partial charge in [0.2, 0.25) is 0 Å². The molecular weight excluding hydrogens is 341 g/mol. The molecule has 4 aromatic rings. The first-order valence-corrected chi connectivity index (χ1v) is 8.40. The Morgan fingerprint density at radius 3 is 2.41 bits per heavy atom. The molecule has 0 radical (unpaired) electrons. The van der Waals surface area contributed by atoms with Crippen LogP contribution in [0.4, 0.5) is 10.1 Å². The van der Waals surface area contributed by atoms with Crippen LogP contribution in [0, 0.1) is 5.82 Å². The summed E-state index contributed by atoms with van der Waals surface area (Å²) in [5.41, 5.74) is 7.15. The van der Waals surface area contributed by atoms with Gasteiger partial charge in [0.25, 0.3) is 0 Å². The zero-order valence-electron chi connectivity index (χ0n) is 14.3. The molecule has 0 unspecified atom stereocenters. The van der Waals surface area contributed by atoms with Crippen LogP contribution >= 0.6 is 0 Å². The summed E-state index contributed by atoms with van der Waals surface area (Å²) in [6, 6.07) is 19.7. The number of hydrazone groups is 1. The van der Waals surface area contributed by atoms with Crippen molar-refractivity contribution in [1.29, 1.82) is 0 Å². The lowest BCUT2D eigenvalue weighted by Crippen LogP contribution is -1.93. The molecule has 0 aliphatic heterocycles. The number of rotatable bonds is 5. The van der Waals surface area contributed by atoms with Crippen LogP contribution in [0.1, 0.15) is 5.56 Å². The number of aromatic nitrogens is 3. The molecule has 0 saturated carbocycles. The molecule has 0 aliphatic rings.